The first-order valence-electron chi connectivity index (χ1n) is 4.95. The molecule has 0 bridgehead atoms. The number of likely N-dealkylation sites (N-methyl/N-ethyl adjacent to an activating group) is 1. The largest absolute Gasteiger partial charge is 0.480 e. The topological polar surface area (TPSA) is 57.6 Å². The predicted molar refractivity (Wildman–Crippen MR) is 53.9 cm³/mol. The fraction of sp³-hybridized carbons (Fsp3) is 0.800. The van der Waals surface area contributed by atoms with Crippen LogP contribution in [0.3, 0.4) is 0 Å². The molecule has 0 heterocycles. The van der Waals surface area contributed by atoms with Crippen molar-refractivity contribution in [3.63, 3.8) is 0 Å². The lowest BCUT2D eigenvalue weighted by Crippen LogP contribution is -2.44. The highest BCUT2D eigenvalue weighted by molar-refractivity contribution is 5.84. The number of hydrogen-bond acceptors (Lipinski definition) is 2. The summed E-state index contributed by atoms with van der Waals surface area (Å²) in [4.78, 5) is 23.8. The Hall–Kier alpha value is -1.06. The van der Waals surface area contributed by atoms with Crippen LogP contribution in [0.1, 0.15) is 33.6 Å². The van der Waals surface area contributed by atoms with Crippen molar-refractivity contribution in [3.05, 3.63) is 0 Å². The fourth-order valence-corrected chi connectivity index (χ4v) is 1.29. The average molecular weight is 201 g/mol. The highest BCUT2D eigenvalue weighted by Gasteiger charge is 2.26. The molecule has 4 heteroatoms. The molecule has 0 spiro atoms. The number of rotatable bonds is 5. The van der Waals surface area contributed by atoms with E-state index in [4.69, 9.17) is 5.11 Å². The van der Waals surface area contributed by atoms with E-state index in [0.29, 0.717) is 6.42 Å². The van der Waals surface area contributed by atoms with Gasteiger partial charge >= 0.3 is 5.97 Å². The van der Waals surface area contributed by atoms with Crippen LogP contribution < -0.4 is 0 Å². The maximum absolute atomic E-state index is 11.6. The number of amides is 1. The minimum Gasteiger partial charge on any atom is -0.480 e. The molecule has 0 aromatic heterocycles. The molecule has 0 saturated heterocycles. The van der Waals surface area contributed by atoms with Gasteiger partial charge in [-0.2, -0.15) is 0 Å². The molecule has 0 aliphatic rings. The molecule has 14 heavy (non-hydrogen) atoms. The molecule has 4 nitrogen and oxygen atoms in total. The molecule has 0 rings (SSSR count). The van der Waals surface area contributed by atoms with Gasteiger partial charge in [0.15, 0.2) is 0 Å². The zero-order valence-corrected chi connectivity index (χ0v) is 9.28. The molecular formula is C10H19NO3. The number of carboxylic acid groups (broad SMARTS) is 1. The maximum Gasteiger partial charge on any atom is 0.326 e. The number of nitrogens with zero attached hydrogens (tertiary/aromatic N) is 1. The van der Waals surface area contributed by atoms with Crippen LogP contribution in [0.4, 0.5) is 0 Å². The van der Waals surface area contributed by atoms with Crippen LogP contribution in [-0.4, -0.2) is 35.0 Å². The van der Waals surface area contributed by atoms with E-state index in [1.807, 2.05) is 13.8 Å². The number of hydrogen-bond donors (Lipinski definition) is 1. The second kappa shape index (κ2) is 5.62. The lowest BCUT2D eigenvalue weighted by Gasteiger charge is -2.26. The van der Waals surface area contributed by atoms with Crippen LogP contribution in [0.15, 0.2) is 0 Å². The summed E-state index contributed by atoms with van der Waals surface area (Å²) in [5.41, 5.74) is 0. The zero-order chi connectivity index (χ0) is 11.3. The van der Waals surface area contributed by atoms with E-state index in [0.717, 1.165) is 6.42 Å². The summed E-state index contributed by atoms with van der Waals surface area (Å²) in [7, 11) is 1.55. The maximum atomic E-state index is 11.6. The van der Waals surface area contributed by atoms with Gasteiger partial charge in [0.05, 0.1) is 0 Å². The molecule has 1 amide bonds. The molecular weight excluding hydrogens is 182 g/mol. The molecule has 0 aliphatic carbocycles. The van der Waals surface area contributed by atoms with E-state index in [-0.39, 0.29) is 11.8 Å². The Morgan fingerprint density at radius 1 is 1.29 bits per heavy atom. The van der Waals surface area contributed by atoms with Gasteiger partial charge in [0.25, 0.3) is 0 Å². The Morgan fingerprint density at radius 3 is 2.07 bits per heavy atom. The summed E-state index contributed by atoms with van der Waals surface area (Å²) in [5, 5.41) is 8.85. The van der Waals surface area contributed by atoms with Gasteiger partial charge in [0.2, 0.25) is 5.91 Å². The number of carbonyl (C=O) groups is 2. The van der Waals surface area contributed by atoms with E-state index in [9.17, 15) is 9.59 Å². The van der Waals surface area contributed by atoms with Crippen LogP contribution in [0.2, 0.25) is 0 Å². The van der Waals surface area contributed by atoms with Crippen molar-refractivity contribution in [1.82, 2.24) is 4.90 Å². The number of carbonyl (C=O) groups excluding carboxylic acids is 1. The smallest absolute Gasteiger partial charge is 0.326 e. The monoisotopic (exact) mass is 201 g/mol. The molecule has 2 atom stereocenters. The van der Waals surface area contributed by atoms with E-state index in [1.165, 1.54) is 4.90 Å². The van der Waals surface area contributed by atoms with E-state index >= 15 is 0 Å². The Bertz CT molecular complexity index is 215. The Labute approximate surface area is 84.9 Å². The summed E-state index contributed by atoms with van der Waals surface area (Å²) in [6, 6.07) is -0.698. The van der Waals surface area contributed by atoms with Gasteiger partial charge in [-0.15, -0.1) is 0 Å². The molecule has 0 fully saturated rings. The van der Waals surface area contributed by atoms with Crippen molar-refractivity contribution >= 4 is 11.9 Å². The van der Waals surface area contributed by atoms with Crippen LogP contribution in [0.25, 0.3) is 0 Å². The molecule has 0 aromatic carbocycles. The summed E-state index contributed by atoms with van der Waals surface area (Å²) in [6.07, 6.45) is 1.17. The van der Waals surface area contributed by atoms with Crippen molar-refractivity contribution in [3.8, 4) is 0 Å². The zero-order valence-electron chi connectivity index (χ0n) is 9.28. The summed E-state index contributed by atoms with van der Waals surface area (Å²) in [6.45, 7) is 5.49. The number of carboxylic acids is 1. The molecule has 1 N–H and O–H groups in total. The minimum absolute atomic E-state index is 0.0956. The third-order valence-electron chi connectivity index (χ3n) is 2.52. The van der Waals surface area contributed by atoms with Gasteiger partial charge in [0, 0.05) is 13.0 Å². The molecule has 0 radical (unpaired) electrons. The second-order valence-electron chi connectivity index (χ2n) is 3.52. The standard InChI is InChI=1S/C10H19NO3/c1-5-7(3)9(12)11(4)8(6-2)10(13)14/h7-8H,5-6H2,1-4H3,(H,13,14). The average Bonchev–Trinajstić information content (AvgIpc) is 2.15. The molecule has 82 valence electrons. The van der Waals surface area contributed by atoms with Crippen LogP contribution >= 0.6 is 0 Å². The number of aliphatic carboxylic acids is 1. The lowest BCUT2D eigenvalue weighted by molar-refractivity contribution is -0.150. The predicted octanol–water partition coefficient (Wildman–Crippen LogP) is 1.35. The molecule has 0 aliphatic heterocycles. The Balaban J connectivity index is 4.49. The Kier molecular flexibility index (Phi) is 5.20. The van der Waals surface area contributed by atoms with Crippen LogP contribution in [-0.2, 0) is 9.59 Å². The highest BCUT2D eigenvalue weighted by atomic mass is 16.4. The molecule has 2 unspecified atom stereocenters. The quantitative estimate of drug-likeness (QED) is 0.730. The fourth-order valence-electron chi connectivity index (χ4n) is 1.29. The summed E-state index contributed by atoms with van der Waals surface area (Å²) >= 11 is 0. The van der Waals surface area contributed by atoms with Gasteiger partial charge in [-0.1, -0.05) is 20.8 Å². The first-order chi connectivity index (χ1) is 6.45. The normalized spacial score (nSPS) is 14.6. The van der Waals surface area contributed by atoms with Gasteiger partial charge in [0.1, 0.15) is 6.04 Å². The van der Waals surface area contributed by atoms with Crippen molar-refractivity contribution in [2.75, 3.05) is 7.05 Å². The third-order valence-corrected chi connectivity index (χ3v) is 2.52. The second-order valence-corrected chi connectivity index (χ2v) is 3.52. The van der Waals surface area contributed by atoms with Gasteiger partial charge < -0.3 is 10.0 Å². The van der Waals surface area contributed by atoms with Crippen LogP contribution in [0.5, 0.6) is 0 Å². The lowest BCUT2D eigenvalue weighted by atomic mass is 10.1. The van der Waals surface area contributed by atoms with Gasteiger partial charge in [-0.3, -0.25) is 4.79 Å². The van der Waals surface area contributed by atoms with Crippen molar-refractivity contribution in [2.45, 2.75) is 39.7 Å². The van der Waals surface area contributed by atoms with Crippen molar-refractivity contribution in [2.24, 2.45) is 5.92 Å². The Morgan fingerprint density at radius 2 is 1.79 bits per heavy atom. The molecule has 0 saturated carbocycles. The van der Waals surface area contributed by atoms with E-state index in [1.54, 1.807) is 14.0 Å². The van der Waals surface area contributed by atoms with E-state index in [2.05, 4.69) is 0 Å². The van der Waals surface area contributed by atoms with Gasteiger partial charge in [-0.05, 0) is 12.8 Å². The third kappa shape index (κ3) is 3.01. The highest BCUT2D eigenvalue weighted by Crippen LogP contribution is 2.10. The van der Waals surface area contributed by atoms with Crippen molar-refractivity contribution in [1.29, 1.82) is 0 Å². The van der Waals surface area contributed by atoms with E-state index < -0.39 is 12.0 Å². The summed E-state index contributed by atoms with van der Waals surface area (Å²) < 4.78 is 0. The van der Waals surface area contributed by atoms with Crippen LogP contribution in [0, 0.1) is 5.92 Å². The molecule has 0 aromatic rings. The summed E-state index contributed by atoms with van der Waals surface area (Å²) in [5.74, 6) is -1.14. The van der Waals surface area contributed by atoms with Gasteiger partial charge in [-0.25, -0.2) is 4.79 Å². The first kappa shape index (κ1) is 12.9. The minimum atomic E-state index is -0.938. The van der Waals surface area contributed by atoms with Crippen molar-refractivity contribution < 1.29 is 14.7 Å². The first-order valence-corrected chi connectivity index (χ1v) is 4.95. The SMILES string of the molecule is CCC(C)C(=O)N(C)C(CC)C(=O)O.